The number of carbonyl (C=O) groups is 2. The van der Waals surface area contributed by atoms with Crippen LogP contribution in [0.15, 0.2) is 29.6 Å². The molecule has 0 bridgehead atoms. The van der Waals surface area contributed by atoms with Gasteiger partial charge < -0.3 is 9.64 Å². The van der Waals surface area contributed by atoms with Crippen molar-refractivity contribution < 1.29 is 14.3 Å². The second-order valence-corrected chi connectivity index (χ2v) is 7.80. The molecule has 2 aromatic rings. The van der Waals surface area contributed by atoms with Crippen LogP contribution < -0.4 is 0 Å². The van der Waals surface area contributed by atoms with Crippen LogP contribution in [0.2, 0.25) is 5.02 Å². The molecule has 7 heteroatoms. The molecule has 0 spiro atoms. The summed E-state index contributed by atoms with van der Waals surface area (Å²) in [5, 5.41) is 2.92. The van der Waals surface area contributed by atoms with Gasteiger partial charge in [0.1, 0.15) is 5.01 Å². The molecular weight excluding hydrogens is 360 g/mol. The van der Waals surface area contributed by atoms with E-state index in [4.69, 9.17) is 16.3 Å². The van der Waals surface area contributed by atoms with E-state index in [0.717, 1.165) is 0 Å². The van der Waals surface area contributed by atoms with Crippen molar-refractivity contribution in [3.63, 3.8) is 0 Å². The molecule has 5 nitrogen and oxygen atoms in total. The van der Waals surface area contributed by atoms with E-state index in [9.17, 15) is 9.59 Å². The summed E-state index contributed by atoms with van der Waals surface area (Å²) in [6.45, 7) is 8.24. The third-order valence-corrected chi connectivity index (χ3v) is 4.56. The first-order chi connectivity index (χ1) is 11.7. The van der Waals surface area contributed by atoms with Gasteiger partial charge in [0.25, 0.3) is 5.91 Å². The quantitative estimate of drug-likeness (QED) is 0.720. The fraction of sp³-hybridized carbons (Fsp3) is 0.389. The highest BCUT2D eigenvalue weighted by molar-refractivity contribution is 7.09. The van der Waals surface area contributed by atoms with E-state index in [1.165, 1.54) is 11.3 Å². The van der Waals surface area contributed by atoms with E-state index in [2.05, 4.69) is 4.98 Å². The van der Waals surface area contributed by atoms with Gasteiger partial charge in [-0.15, -0.1) is 11.3 Å². The molecule has 0 N–H and O–H groups in total. The van der Waals surface area contributed by atoms with Crippen molar-refractivity contribution in [2.45, 2.75) is 39.8 Å². The molecule has 0 atom stereocenters. The Kier molecular flexibility index (Phi) is 6.19. The van der Waals surface area contributed by atoms with Crippen molar-refractivity contribution in [3.8, 4) is 0 Å². The number of ether oxygens (including phenoxy) is 1. The van der Waals surface area contributed by atoms with Crippen LogP contribution in [-0.2, 0) is 11.3 Å². The number of hydrogen-bond donors (Lipinski definition) is 0. The lowest BCUT2D eigenvalue weighted by Crippen LogP contribution is -2.45. The summed E-state index contributed by atoms with van der Waals surface area (Å²) in [5.41, 5.74) is 0.420. The van der Waals surface area contributed by atoms with E-state index in [0.29, 0.717) is 28.7 Å². The normalized spacial score (nSPS) is 11.2. The molecule has 0 radical (unpaired) electrons. The molecule has 1 aromatic heterocycles. The van der Waals surface area contributed by atoms with Crippen LogP contribution in [-0.4, -0.2) is 33.9 Å². The van der Waals surface area contributed by atoms with Gasteiger partial charge in [-0.3, -0.25) is 4.79 Å². The Morgan fingerprint density at radius 2 is 1.88 bits per heavy atom. The number of hydrogen-bond acceptors (Lipinski definition) is 5. The largest absolute Gasteiger partial charge is 0.461 e. The first-order valence-corrected chi connectivity index (χ1v) is 9.17. The Bertz CT molecular complexity index is 750. The van der Waals surface area contributed by atoms with E-state index in [-0.39, 0.29) is 11.6 Å². The number of thiazole rings is 1. The summed E-state index contributed by atoms with van der Waals surface area (Å²) in [7, 11) is 0. The SMILES string of the molecule is CCOC(=O)c1csc(CN(C(=O)c2ccc(Cl)cc2)C(C)(C)C)n1. The lowest BCUT2D eigenvalue weighted by Gasteiger charge is -2.35. The maximum Gasteiger partial charge on any atom is 0.357 e. The number of carbonyl (C=O) groups excluding carboxylic acids is 2. The standard InChI is InChI=1S/C18H21ClN2O3S/c1-5-24-17(23)14-11-25-15(20-14)10-21(18(2,3)4)16(22)12-6-8-13(19)9-7-12/h6-9,11H,5,10H2,1-4H3. The van der Waals surface area contributed by atoms with Crippen LogP contribution in [0.1, 0.15) is 53.5 Å². The van der Waals surface area contributed by atoms with Gasteiger partial charge in [-0.1, -0.05) is 11.6 Å². The van der Waals surface area contributed by atoms with E-state index < -0.39 is 11.5 Å². The molecule has 0 aliphatic carbocycles. The molecular formula is C18H21ClN2O3S. The van der Waals surface area contributed by atoms with Gasteiger partial charge in [0.05, 0.1) is 13.2 Å². The van der Waals surface area contributed by atoms with Crippen LogP contribution in [0.4, 0.5) is 0 Å². The van der Waals surface area contributed by atoms with Gasteiger partial charge in [-0.2, -0.15) is 0 Å². The molecule has 0 saturated heterocycles. The molecule has 0 aliphatic heterocycles. The molecule has 1 heterocycles. The number of nitrogens with zero attached hydrogens (tertiary/aromatic N) is 2. The molecule has 0 fully saturated rings. The average Bonchev–Trinajstić information content (AvgIpc) is 3.01. The highest BCUT2D eigenvalue weighted by Gasteiger charge is 2.28. The Morgan fingerprint density at radius 3 is 2.44 bits per heavy atom. The van der Waals surface area contributed by atoms with Crippen LogP contribution in [0.3, 0.4) is 0 Å². The highest BCUT2D eigenvalue weighted by Crippen LogP contribution is 2.23. The second kappa shape index (κ2) is 7.97. The van der Waals surface area contributed by atoms with Crippen molar-refractivity contribution >= 4 is 34.8 Å². The summed E-state index contributed by atoms with van der Waals surface area (Å²) in [4.78, 5) is 30.7. The summed E-state index contributed by atoms with van der Waals surface area (Å²) in [6.07, 6.45) is 0. The van der Waals surface area contributed by atoms with Crippen LogP contribution in [0.5, 0.6) is 0 Å². The Hall–Kier alpha value is -1.92. The minimum atomic E-state index is -0.448. The molecule has 2 rings (SSSR count). The third kappa shape index (κ3) is 5.03. The molecule has 134 valence electrons. The van der Waals surface area contributed by atoms with Gasteiger partial charge in [-0.05, 0) is 52.0 Å². The zero-order chi connectivity index (χ0) is 18.6. The maximum atomic E-state index is 12.9. The van der Waals surface area contributed by atoms with Crippen LogP contribution >= 0.6 is 22.9 Å². The topological polar surface area (TPSA) is 59.5 Å². The van der Waals surface area contributed by atoms with E-state index in [1.807, 2.05) is 20.8 Å². The number of amides is 1. The fourth-order valence-electron chi connectivity index (χ4n) is 2.18. The van der Waals surface area contributed by atoms with Gasteiger partial charge in [0.15, 0.2) is 5.69 Å². The van der Waals surface area contributed by atoms with Crippen molar-refractivity contribution in [3.05, 3.63) is 50.9 Å². The highest BCUT2D eigenvalue weighted by atomic mass is 35.5. The van der Waals surface area contributed by atoms with Crippen LogP contribution in [0.25, 0.3) is 0 Å². The van der Waals surface area contributed by atoms with E-state index in [1.54, 1.807) is 41.5 Å². The number of halogens is 1. The number of aromatic nitrogens is 1. The smallest absolute Gasteiger partial charge is 0.357 e. The van der Waals surface area contributed by atoms with Crippen molar-refractivity contribution in [1.82, 2.24) is 9.88 Å². The predicted molar refractivity (Wildman–Crippen MR) is 99.1 cm³/mol. The number of rotatable bonds is 5. The first-order valence-electron chi connectivity index (χ1n) is 7.91. The Morgan fingerprint density at radius 1 is 1.24 bits per heavy atom. The minimum Gasteiger partial charge on any atom is -0.461 e. The minimum absolute atomic E-state index is 0.114. The number of benzene rings is 1. The maximum absolute atomic E-state index is 12.9. The van der Waals surface area contributed by atoms with Gasteiger partial charge in [0, 0.05) is 21.5 Å². The molecule has 0 unspecified atom stereocenters. The monoisotopic (exact) mass is 380 g/mol. The summed E-state index contributed by atoms with van der Waals surface area (Å²) in [6, 6.07) is 6.79. The van der Waals surface area contributed by atoms with Crippen molar-refractivity contribution in [2.24, 2.45) is 0 Å². The Balaban J connectivity index is 2.23. The predicted octanol–water partition coefficient (Wildman–Crippen LogP) is 4.41. The first kappa shape index (κ1) is 19.4. The van der Waals surface area contributed by atoms with Crippen LogP contribution in [0, 0.1) is 0 Å². The second-order valence-electron chi connectivity index (χ2n) is 6.42. The average molecular weight is 381 g/mol. The molecule has 1 aromatic carbocycles. The third-order valence-electron chi connectivity index (χ3n) is 3.48. The van der Waals surface area contributed by atoms with Gasteiger partial charge >= 0.3 is 5.97 Å². The summed E-state index contributed by atoms with van der Waals surface area (Å²) < 4.78 is 4.95. The molecule has 0 saturated carbocycles. The molecule has 1 amide bonds. The van der Waals surface area contributed by atoms with Crippen molar-refractivity contribution in [2.75, 3.05) is 6.61 Å². The number of esters is 1. The molecule has 25 heavy (non-hydrogen) atoms. The molecule has 0 aliphatic rings. The van der Waals surface area contributed by atoms with Gasteiger partial charge in [0.2, 0.25) is 0 Å². The fourth-order valence-corrected chi connectivity index (χ4v) is 3.06. The lowest BCUT2D eigenvalue weighted by molar-refractivity contribution is 0.0520. The van der Waals surface area contributed by atoms with Gasteiger partial charge in [-0.25, -0.2) is 9.78 Å². The van der Waals surface area contributed by atoms with Crippen molar-refractivity contribution in [1.29, 1.82) is 0 Å². The summed E-state index contributed by atoms with van der Waals surface area (Å²) in [5.74, 6) is -0.562. The Labute approximate surface area is 156 Å². The van der Waals surface area contributed by atoms with E-state index >= 15 is 0 Å². The summed E-state index contributed by atoms with van der Waals surface area (Å²) >= 11 is 7.23. The zero-order valence-corrected chi connectivity index (χ0v) is 16.3. The zero-order valence-electron chi connectivity index (χ0n) is 14.7. The lowest BCUT2D eigenvalue weighted by atomic mass is 10.0.